The molecule has 3 nitrogen and oxygen atoms in total. The lowest BCUT2D eigenvalue weighted by Crippen LogP contribution is -2.29. The molecule has 0 aliphatic heterocycles. The molecule has 2 aromatic carbocycles. The van der Waals surface area contributed by atoms with Gasteiger partial charge in [-0.05, 0) is 42.8 Å². The summed E-state index contributed by atoms with van der Waals surface area (Å²) in [7, 11) is 1.65. The maximum atomic E-state index is 5.28. The van der Waals surface area contributed by atoms with Gasteiger partial charge in [-0.15, -0.1) is 0 Å². The Hall–Kier alpha value is -2.07. The van der Waals surface area contributed by atoms with Crippen LogP contribution in [-0.2, 0) is 6.42 Å². The van der Waals surface area contributed by atoms with Crippen molar-refractivity contribution >= 4 is 23.0 Å². The topological polar surface area (TPSA) is 33.3 Å². The summed E-state index contributed by atoms with van der Waals surface area (Å²) in [5, 5.41) is 7.01. The smallest absolute Gasteiger partial charge is 0.170 e. The van der Waals surface area contributed by atoms with Crippen molar-refractivity contribution in [3.05, 3.63) is 60.2 Å². The minimum absolute atomic E-state index is 0.635. The van der Waals surface area contributed by atoms with Gasteiger partial charge in [-0.1, -0.05) is 36.4 Å². The summed E-state index contributed by atoms with van der Waals surface area (Å²) in [5.74, 6) is 0.812. The second kappa shape index (κ2) is 8.27. The number of aryl methyl sites for hydroxylation is 1. The number of thiocarbonyl (C=S) groups is 1. The van der Waals surface area contributed by atoms with Crippen molar-refractivity contribution in [2.75, 3.05) is 19.0 Å². The van der Waals surface area contributed by atoms with Gasteiger partial charge in [-0.2, -0.15) is 0 Å². The molecule has 2 aromatic rings. The molecule has 0 amide bonds. The van der Waals surface area contributed by atoms with Gasteiger partial charge in [0.25, 0.3) is 0 Å². The average Bonchev–Trinajstić information content (AvgIpc) is 2.53. The van der Waals surface area contributed by atoms with Gasteiger partial charge >= 0.3 is 0 Å². The number of ether oxygens (including phenoxy) is 1. The van der Waals surface area contributed by atoms with Gasteiger partial charge < -0.3 is 15.4 Å². The minimum Gasteiger partial charge on any atom is -0.497 e. The van der Waals surface area contributed by atoms with E-state index in [9.17, 15) is 0 Å². The minimum atomic E-state index is 0.635. The molecule has 0 bridgehead atoms. The first-order valence-electron chi connectivity index (χ1n) is 7.01. The van der Waals surface area contributed by atoms with E-state index in [2.05, 4.69) is 34.9 Å². The molecule has 2 N–H and O–H groups in total. The molecule has 0 radical (unpaired) electrons. The van der Waals surface area contributed by atoms with Gasteiger partial charge in [0.1, 0.15) is 5.75 Å². The lowest BCUT2D eigenvalue weighted by Gasteiger charge is -2.11. The molecular weight excluding hydrogens is 280 g/mol. The second-order valence-corrected chi connectivity index (χ2v) is 5.11. The first kappa shape index (κ1) is 15.3. The summed E-state index contributed by atoms with van der Waals surface area (Å²) in [6.07, 6.45) is 2.10. The molecule has 0 aromatic heterocycles. The molecule has 21 heavy (non-hydrogen) atoms. The summed E-state index contributed by atoms with van der Waals surface area (Å²) in [5.41, 5.74) is 2.28. The monoisotopic (exact) mass is 300 g/mol. The van der Waals surface area contributed by atoms with Gasteiger partial charge in [0, 0.05) is 18.3 Å². The zero-order valence-electron chi connectivity index (χ0n) is 12.1. The van der Waals surface area contributed by atoms with Crippen LogP contribution in [0.1, 0.15) is 12.0 Å². The molecule has 0 saturated carbocycles. The van der Waals surface area contributed by atoms with Crippen LogP contribution in [0.2, 0.25) is 0 Å². The normalized spacial score (nSPS) is 9.95. The van der Waals surface area contributed by atoms with Crippen LogP contribution in [0.15, 0.2) is 54.6 Å². The highest BCUT2D eigenvalue weighted by Crippen LogP contribution is 2.16. The number of benzene rings is 2. The summed E-state index contributed by atoms with van der Waals surface area (Å²) in [6.45, 7) is 0.852. The Bertz CT molecular complexity index is 572. The molecule has 0 aliphatic rings. The highest BCUT2D eigenvalue weighted by atomic mass is 32.1. The number of anilines is 1. The maximum absolute atomic E-state index is 5.28. The van der Waals surface area contributed by atoms with E-state index in [1.165, 1.54) is 5.56 Å². The first-order valence-corrected chi connectivity index (χ1v) is 7.41. The Labute approximate surface area is 131 Å². The third-order valence-electron chi connectivity index (χ3n) is 3.10. The Morgan fingerprint density at radius 1 is 1.10 bits per heavy atom. The Morgan fingerprint density at radius 2 is 1.90 bits per heavy atom. The standard InChI is InChI=1S/C17H20N2OS/c1-20-16-11-5-10-15(13-16)19-17(21)18-12-6-9-14-7-3-2-4-8-14/h2-5,7-8,10-11,13H,6,9,12H2,1H3,(H2,18,19,21). The lowest BCUT2D eigenvalue weighted by molar-refractivity contribution is 0.415. The third-order valence-corrected chi connectivity index (χ3v) is 3.34. The molecule has 0 spiro atoms. The van der Waals surface area contributed by atoms with Crippen LogP contribution in [-0.4, -0.2) is 18.8 Å². The van der Waals surface area contributed by atoms with Crippen LogP contribution >= 0.6 is 12.2 Å². The molecule has 2 rings (SSSR count). The van der Waals surface area contributed by atoms with E-state index >= 15 is 0 Å². The number of hydrogen-bond donors (Lipinski definition) is 2. The lowest BCUT2D eigenvalue weighted by atomic mass is 10.1. The molecule has 0 saturated heterocycles. The number of nitrogens with one attached hydrogen (secondary N) is 2. The number of rotatable bonds is 6. The van der Waals surface area contributed by atoms with Gasteiger partial charge in [0.2, 0.25) is 0 Å². The van der Waals surface area contributed by atoms with Crippen molar-refractivity contribution in [3.63, 3.8) is 0 Å². The van der Waals surface area contributed by atoms with Crippen LogP contribution in [0.25, 0.3) is 0 Å². The van der Waals surface area contributed by atoms with E-state index in [0.29, 0.717) is 5.11 Å². The highest BCUT2D eigenvalue weighted by Gasteiger charge is 1.99. The summed E-state index contributed by atoms with van der Waals surface area (Å²) in [4.78, 5) is 0. The first-order chi connectivity index (χ1) is 10.3. The predicted molar refractivity (Wildman–Crippen MR) is 92.0 cm³/mol. The van der Waals surface area contributed by atoms with E-state index in [4.69, 9.17) is 17.0 Å². The zero-order valence-corrected chi connectivity index (χ0v) is 13.0. The van der Waals surface area contributed by atoms with Crippen LogP contribution in [0.3, 0.4) is 0 Å². The molecule has 0 atom stereocenters. The van der Waals surface area contributed by atoms with Crippen molar-refractivity contribution in [2.24, 2.45) is 0 Å². The van der Waals surface area contributed by atoms with Gasteiger partial charge in [0.15, 0.2) is 5.11 Å². The highest BCUT2D eigenvalue weighted by molar-refractivity contribution is 7.80. The number of methoxy groups -OCH3 is 1. The largest absolute Gasteiger partial charge is 0.497 e. The fraction of sp³-hybridized carbons (Fsp3) is 0.235. The van der Waals surface area contributed by atoms with E-state index in [1.54, 1.807) is 7.11 Å². The molecule has 0 heterocycles. The fourth-order valence-electron chi connectivity index (χ4n) is 2.02. The van der Waals surface area contributed by atoms with E-state index in [0.717, 1.165) is 30.8 Å². The van der Waals surface area contributed by atoms with Crippen molar-refractivity contribution in [3.8, 4) is 5.75 Å². The number of hydrogen-bond acceptors (Lipinski definition) is 2. The van der Waals surface area contributed by atoms with E-state index in [-0.39, 0.29) is 0 Å². The fourth-order valence-corrected chi connectivity index (χ4v) is 2.24. The summed E-state index contributed by atoms with van der Waals surface area (Å²) >= 11 is 5.28. The third kappa shape index (κ3) is 5.44. The SMILES string of the molecule is COc1cccc(NC(=S)NCCCc2ccccc2)c1. The summed E-state index contributed by atoms with van der Waals surface area (Å²) in [6, 6.07) is 18.2. The molecular formula is C17H20N2OS. The van der Waals surface area contributed by atoms with Gasteiger partial charge in [0.05, 0.1) is 7.11 Å². The predicted octanol–water partition coefficient (Wildman–Crippen LogP) is 3.61. The molecule has 110 valence electrons. The second-order valence-electron chi connectivity index (χ2n) is 4.70. The van der Waals surface area contributed by atoms with Gasteiger partial charge in [-0.25, -0.2) is 0 Å². The Kier molecular flexibility index (Phi) is 6.03. The van der Waals surface area contributed by atoms with Crippen molar-refractivity contribution < 1.29 is 4.74 Å². The van der Waals surface area contributed by atoms with Crippen molar-refractivity contribution in [1.82, 2.24) is 5.32 Å². The van der Waals surface area contributed by atoms with Crippen LogP contribution in [0.4, 0.5) is 5.69 Å². The molecule has 0 unspecified atom stereocenters. The average molecular weight is 300 g/mol. The van der Waals surface area contributed by atoms with Gasteiger partial charge in [-0.3, -0.25) is 0 Å². The van der Waals surface area contributed by atoms with Crippen LogP contribution in [0, 0.1) is 0 Å². The Balaban J connectivity index is 1.70. The van der Waals surface area contributed by atoms with E-state index in [1.807, 2.05) is 30.3 Å². The molecule has 4 heteroatoms. The van der Waals surface area contributed by atoms with Crippen molar-refractivity contribution in [1.29, 1.82) is 0 Å². The van der Waals surface area contributed by atoms with Crippen LogP contribution < -0.4 is 15.4 Å². The van der Waals surface area contributed by atoms with E-state index < -0.39 is 0 Å². The molecule has 0 fully saturated rings. The summed E-state index contributed by atoms with van der Waals surface area (Å²) < 4.78 is 5.18. The molecule has 0 aliphatic carbocycles. The maximum Gasteiger partial charge on any atom is 0.170 e. The quantitative estimate of drug-likeness (QED) is 0.631. The Morgan fingerprint density at radius 3 is 2.67 bits per heavy atom. The van der Waals surface area contributed by atoms with Crippen molar-refractivity contribution in [2.45, 2.75) is 12.8 Å². The zero-order chi connectivity index (χ0) is 14.9. The van der Waals surface area contributed by atoms with Crippen LogP contribution in [0.5, 0.6) is 5.75 Å².